The van der Waals surface area contributed by atoms with Crippen LogP contribution in [0, 0.1) is 0 Å². The van der Waals surface area contributed by atoms with Gasteiger partial charge in [-0.25, -0.2) is 0 Å². The van der Waals surface area contributed by atoms with Crippen molar-refractivity contribution in [3.63, 3.8) is 0 Å². The van der Waals surface area contributed by atoms with Gasteiger partial charge in [0.1, 0.15) is 0 Å². The van der Waals surface area contributed by atoms with Crippen LogP contribution in [0.1, 0.15) is 25.8 Å². The van der Waals surface area contributed by atoms with Crippen molar-refractivity contribution in [3.05, 3.63) is 47.5 Å². The number of hydrogen-bond acceptors (Lipinski definition) is 0. The van der Waals surface area contributed by atoms with Crippen LogP contribution in [-0.4, -0.2) is 0 Å². The molecule has 0 bridgehead atoms. The van der Waals surface area contributed by atoms with Crippen molar-refractivity contribution in [1.29, 1.82) is 0 Å². The minimum atomic E-state index is 1.16. The summed E-state index contributed by atoms with van der Waals surface area (Å²) in [5, 5.41) is 0. The summed E-state index contributed by atoms with van der Waals surface area (Å²) >= 11 is 0. The van der Waals surface area contributed by atoms with E-state index in [9.17, 15) is 0 Å². The van der Waals surface area contributed by atoms with E-state index in [1.165, 1.54) is 17.6 Å². The lowest BCUT2D eigenvalue weighted by Gasteiger charge is -2.00. The van der Waals surface area contributed by atoms with Crippen LogP contribution in [0.5, 0.6) is 0 Å². The zero-order valence-electron chi connectivity index (χ0n) is 7.88. The highest BCUT2D eigenvalue weighted by Gasteiger charge is 1.91. The van der Waals surface area contributed by atoms with Crippen LogP contribution in [0.3, 0.4) is 0 Å². The van der Waals surface area contributed by atoms with Gasteiger partial charge >= 0.3 is 0 Å². The molecule has 0 aromatic heterocycles. The van der Waals surface area contributed by atoms with Crippen LogP contribution in [0.2, 0.25) is 0 Å². The van der Waals surface area contributed by atoms with Gasteiger partial charge in [0.05, 0.1) is 0 Å². The maximum Gasteiger partial charge on any atom is -0.0242 e. The fraction of sp³-hybridized carbons (Fsp3) is 0.333. The normalized spacial score (nSPS) is 11.7. The zero-order valence-corrected chi connectivity index (χ0v) is 7.88. The molecule has 0 spiro atoms. The lowest BCUT2D eigenvalue weighted by Crippen LogP contribution is -1.85. The first-order valence-electron chi connectivity index (χ1n) is 4.48. The summed E-state index contributed by atoms with van der Waals surface area (Å²) in [4.78, 5) is 0. The quantitative estimate of drug-likeness (QED) is 0.593. The molecule has 1 rings (SSSR count). The van der Waals surface area contributed by atoms with Gasteiger partial charge in [-0.15, -0.1) is 0 Å². The molecule has 0 amide bonds. The summed E-state index contributed by atoms with van der Waals surface area (Å²) in [6.45, 7) is 4.28. The molecule has 1 aromatic rings. The van der Waals surface area contributed by atoms with Gasteiger partial charge in [0.2, 0.25) is 0 Å². The molecule has 0 saturated carbocycles. The Bertz CT molecular complexity index is 244. The van der Waals surface area contributed by atoms with Crippen LogP contribution >= 0.6 is 0 Å². The first-order valence-corrected chi connectivity index (χ1v) is 4.48. The maximum atomic E-state index is 2.18. The van der Waals surface area contributed by atoms with Gasteiger partial charge < -0.3 is 0 Å². The lowest BCUT2D eigenvalue weighted by molar-refractivity contribution is 0.938. The summed E-state index contributed by atoms with van der Waals surface area (Å²) in [6, 6.07) is 10.6. The molecule has 0 aliphatic heterocycles. The Hall–Kier alpha value is -1.04. The highest BCUT2D eigenvalue weighted by Crippen LogP contribution is 2.07. The average Bonchev–Trinajstić information content (AvgIpc) is 2.16. The number of hydrogen-bond donors (Lipinski definition) is 0. The Morgan fingerprint density at radius 2 is 1.92 bits per heavy atom. The first-order chi connectivity index (χ1) is 5.83. The fourth-order valence-electron chi connectivity index (χ4n) is 1.13. The van der Waals surface area contributed by atoms with Gasteiger partial charge in [0, 0.05) is 0 Å². The summed E-state index contributed by atoms with van der Waals surface area (Å²) in [7, 11) is 0. The smallest absolute Gasteiger partial charge is 0.0242 e. The van der Waals surface area contributed by atoms with Gasteiger partial charge in [-0.1, -0.05) is 42.0 Å². The third-order valence-corrected chi connectivity index (χ3v) is 2.14. The summed E-state index contributed by atoms with van der Waals surface area (Å²) < 4.78 is 0. The predicted molar refractivity (Wildman–Crippen MR) is 54.2 cm³/mol. The maximum absolute atomic E-state index is 2.18. The van der Waals surface area contributed by atoms with E-state index in [-0.39, 0.29) is 0 Å². The molecule has 0 saturated heterocycles. The Balaban J connectivity index is 2.44. The van der Waals surface area contributed by atoms with Gasteiger partial charge in [-0.2, -0.15) is 0 Å². The molecule has 0 fully saturated rings. The Labute approximate surface area is 74.9 Å². The summed E-state index contributed by atoms with van der Waals surface area (Å²) in [6.07, 6.45) is 4.53. The van der Waals surface area contributed by atoms with Crippen molar-refractivity contribution < 1.29 is 0 Å². The van der Waals surface area contributed by atoms with Gasteiger partial charge in [-0.05, 0) is 32.3 Å². The van der Waals surface area contributed by atoms with Gasteiger partial charge in [0.15, 0.2) is 0 Å². The van der Waals surface area contributed by atoms with Gasteiger partial charge in [-0.3, -0.25) is 0 Å². The Morgan fingerprint density at radius 3 is 2.50 bits per heavy atom. The van der Waals surface area contributed by atoms with E-state index < -0.39 is 0 Å². The van der Waals surface area contributed by atoms with Crippen molar-refractivity contribution in [3.8, 4) is 0 Å². The van der Waals surface area contributed by atoms with Gasteiger partial charge in [0.25, 0.3) is 0 Å². The van der Waals surface area contributed by atoms with Crippen LogP contribution in [0.15, 0.2) is 42.0 Å². The summed E-state index contributed by atoms with van der Waals surface area (Å²) in [5.41, 5.74) is 2.90. The second-order valence-electron chi connectivity index (χ2n) is 3.12. The predicted octanol–water partition coefficient (Wildman–Crippen LogP) is 3.59. The van der Waals surface area contributed by atoms with E-state index in [1.54, 1.807) is 0 Å². The second kappa shape index (κ2) is 4.76. The molecule has 64 valence electrons. The molecule has 0 aliphatic rings. The minimum Gasteiger partial charge on any atom is -0.0887 e. The average molecular weight is 160 g/mol. The van der Waals surface area contributed by atoms with E-state index in [0.29, 0.717) is 0 Å². The van der Waals surface area contributed by atoms with Crippen LogP contribution in [0.25, 0.3) is 0 Å². The standard InChI is InChI=1S/C12H16/c1-3-11(2)9-10-12-7-5-4-6-8-12/h3-8H,9-10H2,1-2H3/b11-3-. The lowest BCUT2D eigenvalue weighted by atomic mass is 10.1. The number of aryl methyl sites for hydroxylation is 1. The van der Waals surface area contributed by atoms with Crippen LogP contribution in [0.4, 0.5) is 0 Å². The molecule has 0 atom stereocenters. The van der Waals surface area contributed by atoms with Crippen molar-refractivity contribution in [1.82, 2.24) is 0 Å². The number of allylic oxidation sites excluding steroid dienone is 2. The number of benzene rings is 1. The zero-order chi connectivity index (χ0) is 8.81. The van der Waals surface area contributed by atoms with Crippen molar-refractivity contribution in [2.75, 3.05) is 0 Å². The largest absolute Gasteiger partial charge is 0.0887 e. The molecule has 0 N–H and O–H groups in total. The van der Waals surface area contributed by atoms with E-state index in [0.717, 1.165) is 6.42 Å². The molecule has 0 radical (unpaired) electrons. The van der Waals surface area contributed by atoms with Crippen molar-refractivity contribution in [2.45, 2.75) is 26.7 Å². The molecule has 0 heterocycles. The van der Waals surface area contributed by atoms with E-state index >= 15 is 0 Å². The van der Waals surface area contributed by atoms with Crippen LogP contribution < -0.4 is 0 Å². The molecule has 12 heavy (non-hydrogen) atoms. The molecule has 0 unspecified atom stereocenters. The highest BCUT2D eigenvalue weighted by molar-refractivity contribution is 5.16. The Morgan fingerprint density at radius 1 is 1.25 bits per heavy atom. The Kier molecular flexibility index (Phi) is 3.59. The highest BCUT2D eigenvalue weighted by atomic mass is 14.0. The monoisotopic (exact) mass is 160 g/mol. The van der Waals surface area contributed by atoms with E-state index in [1.807, 2.05) is 0 Å². The fourth-order valence-corrected chi connectivity index (χ4v) is 1.13. The van der Waals surface area contributed by atoms with Crippen molar-refractivity contribution in [2.24, 2.45) is 0 Å². The third-order valence-electron chi connectivity index (χ3n) is 2.14. The van der Waals surface area contributed by atoms with Crippen molar-refractivity contribution >= 4 is 0 Å². The molecule has 1 aromatic carbocycles. The third kappa shape index (κ3) is 2.91. The topological polar surface area (TPSA) is 0 Å². The SMILES string of the molecule is C/C=C(/C)CCc1ccccc1. The van der Waals surface area contributed by atoms with E-state index in [4.69, 9.17) is 0 Å². The molecular weight excluding hydrogens is 144 g/mol. The summed E-state index contributed by atoms with van der Waals surface area (Å²) in [5.74, 6) is 0. The molecule has 0 heteroatoms. The molecular formula is C12H16. The first kappa shape index (κ1) is 9.05. The van der Waals surface area contributed by atoms with E-state index in [2.05, 4.69) is 50.3 Å². The number of rotatable bonds is 3. The molecule has 0 nitrogen and oxygen atoms in total. The molecule has 0 aliphatic carbocycles. The minimum absolute atomic E-state index is 1.16. The van der Waals surface area contributed by atoms with Crippen LogP contribution in [-0.2, 0) is 6.42 Å². The second-order valence-corrected chi connectivity index (χ2v) is 3.12.